The van der Waals surface area contributed by atoms with E-state index in [0.29, 0.717) is 5.56 Å². The number of benzene rings is 4. The lowest BCUT2D eigenvalue weighted by atomic mass is 10.1. The van der Waals surface area contributed by atoms with Crippen LogP contribution < -0.4 is 5.32 Å². The summed E-state index contributed by atoms with van der Waals surface area (Å²) in [6, 6.07) is 21.8. The number of anilines is 1. The second-order valence-corrected chi connectivity index (χ2v) is 11.8. The van der Waals surface area contributed by atoms with Crippen molar-refractivity contribution >= 4 is 40.8 Å². The van der Waals surface area contributed by atoms with Gasteiger partial charge in [0, 0.05) is 5.56 Å². The topological polar surface area (TPSA) is 161 Å². The number of ether oxygens (including phenoxy) is 4. The van der Waals surface area contributed by atoms with Gasteiger partial charge in [-0.1, -0.05) is 18.2 Å². The molecule has 1 N–H and O–H groups in total. The first kappa shape index (κ1) is 35.5. The first-order chi connectivity index (χ1) is 26.1. The Kier molecular flexibility index (Phi) is 10.1. The van der Waals surface area contributed by atoms with Crippen LogP contribution in [0.5, 0.6) is 0 Å². The van der Waals surface area contributed by atoms with Crippen molar-refractivity contribution in [2.45, 2.75) is 24.5 Å². The average molecular weight is 738 g/mol. The van der Waals surface area contributed by atoms with Gasteiger partial charge in [0.2, 0.25) is 0 Å². The van der Waals surface area contributed by atoms with Crippen LogP contribution in [0.15, 0.2) is 116 Å². The number of esters is 3. The standard InChI is InChI=1S/C38H26F3N5O8/c39-25-12-6-22(7-13-25)36(48)51-18-28-30(53-37(49)23-8-14-26(40)15-9-23)31(54-38(50)24-10-16-27(41)17-11-24)35(52-28)46-20-44-29-32(42-19-43-33(29)46)45-34(47)21-4-2-1-3-5-21/h1-17,19-20,28,30-31,35H,18H2,(H,42,43,45,47)/t28-,30+,31+,35-/m0/s1. The van der Waals surface area contributed by atoms with Crippen LogP contribution in [-0.4, -0.2) is 68.3 Å². The summed E-state index contributed by atoms with van der Waals surface area (Å²) in [7, 11) is 0. The number of aromatic nitrogens is 4. The van der Waals surface area contributed by atoms with E-state index in [2.05, 4.69) is 20.3 Å². The van der Waals surface area contributed by atoms with E-state index >= 15 is 0 Å². The van der Waals surface area contributed by atoms with E-state index in [4.69, 9.17) is 18.9 Å². The van der Waals surface area contributed by atoms with Crippen LogP contribution in [-0.2, 0) is 18.9 Å². The summed E-state index contributed by atoms with van der Waals surface area (Å²) in [5.74, 6) is -5.04. The van der Waals surface area contributed by atoms with Crippen molar-refractivity contribution in [3.05, 3.63) is 155 Å². The van der Waals surface area contributed by atoms with Crippen LogP contribution >= 0.6 is 0 Å². The van der Waals surface area contributed by atoms with E-state index in [1.165, 1.54) is 47.3 Å². The third-order valence-electron chi connectivity index (χ3n) is 8.29. The molecule has 2 aromatic heterocycles. The maximum absolute atomic E-state index is 13.7. The van der Waals surface area contributed by atoms with Crippen LogP contribution in [0, 0.1) is 17.5 Å². The second-order valence-electron chi connectivity index (χ2n) is 11.8. The summed E-state index contributed by atoms with van der Waals surface area (Å²) in [5, 5.41) is 2.69. The van der Waals surface area contributed by atoms with Crippen LogP contribution in [0.25, 0.3) is 11.2 Å². The Hall–Kier alpha value is -6.94. The monoisotopic (exact) mass is 737 g/mol. The number of rotatable bonds is 10. The molecule has 7 rings (SSSR count). The normalized spacial score (nSPS) is 17.8. The fourth-order valence-electron chi connectivity index (χ4n) is 5.62. The van der Waals surface area contributed by atoms with Gasteiger partial charge in [-0.2, -0.15) is 0 Å². The summed E-state index contributed by atoms with van der Waals surface area (Å²) < 4.78 is 65.9. The highest BCUT2D eigenvalue weighted by atomic mass is 19.1. The summed E-state index contributed by atoms with van der Waals surface area (Å²) in [6.07, 6.45) is -3.31. The zero-order valence-corrected chi connectivity index (χ0v) is 27.7. The fourth-order valence-corrected chi connectivity index (χ4v) is 5.62. The van der Waals surface area contributed by atoms with E-state index < -0.39 is 72.4 Å². The SMILES string of the molecule is O=C(Nc1ncnc2c1ncn2[C@H]1O[C@@H](COC(=O)c2ccc(F)cc2)[C@@H](OC(=O)c2ccc(F)cc2)[C@H]1OC(=O)c1ccc(F)cc1)c1ccccc1. The third kappa shape index (κ3) is 7.63. The van der Waals surface area contributed by atoms with Crippen molar-refractivity contribution in [1.29, 1.82) is 0 Å². The van der Waals surface area contributed by atoms with Crippen LogP contribution in [0.2, 0.25) is 0 Å². The largest absolute Gasteiger partial charge is 0.459 e. The van der Waals surface area contributed by atoms with E-state index in [-0.39, 0.29) is 33.7 Å². The highest BCUT2D eigenvalue weighted by molar-refractivity contribution is 6.06. The van der Waals surface area contributed by atoms with Crippen molar-refractivity contribution in [3.63, 3.8) is 0 Å². The minimum atomic E-state index is -1.52. The van der Waals surface area contributed by atoms with Gasteiger partial charge in [0.05, 0.1) is 23.0 Å². The number of carbonyl (C=O) groups excluding carboxylic acids is 4. The minimum Gasteiger partial charge on any atom is -0.459 e. The predicted octanol–water partition coefficient (Wildman–Crippen LogP) is 5.70. The summed E-state index contributed by atoms with van der Waals surface area (Å²) >= 11 is 0. The third-order valence-corrected chi connectivity index (χ3v) is 8.29. The highest BCUT2D eigenvalue weighted by Gasteiger charge is 2.52. The molecule has 1 saturated heterocycles. The molecule has 6 aromatic rings. The molecule has 4 aromatic carbocycles. The number of fused-ring (bicyclic) bond motifs is 1. The number of hydrogen-bond acceptors (Lipinski definition) is 11. The van der Waals surface area contributed by atoms with E-state index in [0.717, 1.165) is 42.7 Å². The van der Waals surface area contributed by atoms with Crippen LogP contribution in [0.1, 0.15) is 47.7 Å². The molecule has 3 heterocycles. The summed E-state index contributed by atoms with van der Waals surface area (Å²) in [4.78, 5) is 65.8. The molecule has 0 spiro atoms. The number of hydrogen-bond donors (Lipinski definition) is 1. The number of amides is 1. The number of nitrogens with zero attached hydrogens (tertiary/aromatic N) is 4. The lowest BCUT2D eigenvalue weighted by Gasteiger charge is -2.25. The lowest BCUT2D eigenvalue weighted by Crippen LogP contribution is -2.41. The van der Waals surface area contributed by atoms with Gasteiger partial charge in [0.15, 0.2) is 35.4 Å². The van der Waals surface area contributed by atoms with Gasteiger partial charge < -0.3 is 24.3 Å². The Balaban J connectivity index is 1.25. The maximum atomic E-state index is 13.7. The van der Waals surface area contributed by atoms with Gasteiger partial charge in [-0.3, -0.25) is 9.36 Å². The number of carbonyl (C=O) groups is 4. The molecular weight excluding hydrogens is 711 g/mol. The maximum Gasteiger partial charge on any atom is 0.338 e. The Morgan fingerprint density at radius 3 is 1.76 bits per heavy atom. The van der Waals surface area contributed by atoms with Gasteiger partial charge in [-0.25, -0.2) is 42.5 Å². The van der Waals surface area contributed by atoms with Crippen molar-refractivity contribution in [1.82, 2.24) is 19.5 Å². The quantitative estimate of drug-likeness (QED) is 0.136. The van der Waals surface area contributed by atoms with Crippen molar-refractivity contribution in [3.8, 4) is 0 Å². The van der Waals surface area contributed by atoms with Crippen LogP contribution in [0.3, 0.4) is 0 Å². The number of imidazole rings is 1. The second kappa shape index (κ2) is 15.3. The van der Waals surface area contributed by atoms with E-state index in [1.54, 1.807) is 30.3 Å². The zero-order valence-electron chi connectivity index (χ0n) is 27.7. The Bertz CT molecular complexity index is 2320. The Labute approximate surface area is 303 Å². The Morgan fingerprint density at radius 2 is 1.19 bits per heavy atom. The van der Waals surface area contributed by atoms with Gasteiger partial charge in [0.1, 0.15) is 36.5 Å². The summed E-state index contributed by atoms with van der Waals surface area (Å²) in [5.41, 5.74) is 0.430. The zero-order chi connectivity index (χ0) is 37.8. The van der Waals surface area contributed by atoms with E-state index in [9.17, 15) is 32.3 Å². The van der Waals surface area contributed by atoms with Gasteiger partial charge in [-0.05, 0) is 84.9 Å². The molecule has 13 nitrogen and oxygen atoms in total. The number of nitrogens with one attached hydrogen (secondary N) is 1. The highest BCUT2D eigenvalue weighted by Crippen LogP contribution is 2.37. The van der Waals surface area contributed by atoms with Crippen molar-refractivity contribution < 1.29 is 51.3 Å². The molecule has 272 valence electrons. The molecule has 1 fully saturated rings. The molecule has 0 bridgehead atoms. The summed E-state index contributed by atoms with van der Waals surface area (Å²) in [6.45, 7) is -0.571. The Morgan fingerprint density at radius 1 is 0.648 bits per heavy atom. The van der Waals surface area contributed by atoms with Gasteiger partial charge >= 0.3 is 17.9 Å². The molecule has 4 atom stereocenters. The molecule has 0 aliphatic carbocycles. The first-order valence-electron chi connectivity index (χ1n) is 16.2. The smallest absolute Gasteiger partial charge is 0.338 e. The molecule has 1 aliphatic rings. The lowest BCUT2D eigenvalue weighted by molar-refractivity contribution is -0.0606. The van der Waals surface area contributed by atoms with E-state index in [1.807, 2.05) is 0 Å². The molecular formula is C38H26F3N5O8. The average Bonchev–Trinajstić information content (AvgIpc) is 3.76. The number of halogens is 3. The molecule has 1 aliphatic heterocycles. The first-order valence-corrected chi connectivity index (χ1v) is 16.2. The molecule has 1 amide bonds. The molecule has 54 heavy (non-hydrogen) atoms. The minimum absolute atomic E-state index is 0.00692. The van der Waals surface area contributed by atoms with Gasteiger partial charge in [0.25, 0.3) is 5.91 Å². The van der Waals surface area contributed by atoms with Crippen molar-refractivity contribution in [2.75, 3.05) is 11.9 Å². The van der Waals surface area contributed by atoms with Crippen LogP contribution in [0.4, 0.5) is 19.0 Å². The molecule has 16 heteroatoms. The van der Waals surface area contributed by atoms with Crippen molar-refractivity contribution in [2.24, 2.45) is 0 Å². The molecule has 0 radical (unpaired) electrons. The molecule has 0 unspecified atom stereocenters. The molecule has 0 saturated carbocycles. The fraction of sp³-hybridized carbons (Fsp3) is 0.132. The van der Waals surface area contributed by atoms with Gasteiger partial charge in [-0.15, -0.1) is 0 Å². The predicted molar refractivity (Wildman–Crippen MR) is 182 cm³/mol.